The minimum Gasteiger partial charge on any atom is -0.458 e. The van der Waals surface area contributed by atoms with E-state index in [2.05, 4.69) is 0 Å². The van der Waals surface area contributed by atoms with Crippen LogP contribution < -0.4 is 0 Å². The van der Waals surface area contributed by atoms with Crippen molar-refractivity contribution < 1.29 is 43.0 Å². The number of benzene rings is 3. The second kappa shape index (κ2) is 13.7. The number of carbonyl (C=O) groups excluding carboxylic acids is 6. The third-order valence-electron chi connectivity index (χ3n) is 5.12. The van der Waals surface area contributed by atoms with Crippen LogP contribution in [0.1, 0.15) is 62.1 Å². The summed E-state index contributed by atoms with van der Waals surface area (Å²) in [6.07, 6.45) is -1.23. The van der Waals surface area contributed by atoms with Crippen LogP contribution in [0.15, 0.2) is 72.8 Å². The third-order valence-corrected chi connectivity index (χ3v) is 5.77. The van der Waals surface area contributed by atoms with Gasteiger partial charge in [-0.25, -0.2) is 14.4 Å². The highest BCUT2D eigenvalue weighted by molar-refractivity contribution is 6.68. The summed E-state index contributed by atoms with van der Waals surface area (Å²) in [6, 6.07) is 15.9. The van der Waals surface area contributed by atoms with Crippen LogP contribution in [0.25, 0.3) is 0 Å². The standard InChI is InChI=1S/C27H17Cl3O9/c28-22(31)15-1-7-18(8-2-15)25(34)37-13-21(39-27(36)20-11-5-17(6-12-20)24(30)33)14-38-26(35)19-9-3-16(4-10-19)23(29)32/h1-12,21H,13-14H2. The van der Waals surface area contributed by atoms with Crippen LogP contribution in [0.3, 0.4) is 0 Å². The molecule has 200 valence electrons. The van der Waals surface area contributed by atoms with Crippen LogP contribution in [-0.4, -0.2) is 53.0 Å². The summed E-state index contributed by atoms with van der Waals surface area (Å²) in [5.41, 5.74) is 0.760. The van der Waals surface area contributed by atoms with Crippen molar-refractivity contribution >= 4 is 68.4 Å². The zero-order chi connectivity index (χ0) is 28.5. The molecule has 0 N–H and O–H groups in total. The van der Waals surface area contributed by atoms with Gasteiger partial charge in [0.05, 0.1) is 16.7 Å². The van der Waals surface area contributed by atoms with E-state index in [1.165, 1.54) is 72.8 Å². The van der Waals surface area contributed by atoms with Crippen molar-refractivity contribution in [3.05, 3.63) is 106 Å². The fourth-order valence-corrected chi connectivity index (χ4v) is 3.43. The summed E-state index contributed by atoms with van der Waals surface area (Å²) in [5.74, 6) is -2.46. The lowest BCUT2D eigenvalue weighted by atomic mass is 10.1. The minimum absolute atomic E-state index is 0.0574. The monoisotopic (exact) mass is 590 g/mol. The zero-order valence-electron chi connectivity index (χ0n) is 19.7. The predicted octanol–water partition coefficient (Wildman–Crippen LogP) is 5.06. The van der Waals surface area contributed by atoms with Crippen molar-refractivity contribution in [1.82, 2.24) is 0 Å². The molecule has 39 heavy (non-hydrogen) atoms. The van der Waals surface area contributed by atoms with E-state index in [1.807, 2.05) is 0 Å². The van der Waals surface area contributed by atoms with Gasteiger partial charge in [0.2, 0.25) is 0 Å². The van der Waals surface area contributed by atoms with Gasteiger partial charge < -0.3 is 14.2 Å². The van der Waals surface area contributed by atoms with E-state index in [0.29, 0.717) is 0 Å². The SMILES string of the molecule is O=C(Cl)c1ccc(C(=O)OCC(COC(=O)c2ccc(C(=O)Cl)cc2)OC(=O)c2ccc(C(=O)Cl)cc2)cc1. The molecule has 0 aliphatic carbocycles. The van der Waals surface area contributed by atoms with E-state index in [1.54, 1.807) is 0 Å². The van der Waals surface area contributed by atoms with E-state index < -0.39 is 53.0 Å². The molecule has 9 nitrogen and oxygen atoms in total. The summed E-state index contributed by atoms with van der Waals surface area (Å²) < 4.78 is 15.8. The van der Waals surface area contributed by atoms with Crippen LogP contribution in [0.5, 0.6) is 0 Å². The molecule has 3 rings (SSSR count). The Balaban J connectivity index is 1.70. The molecule has 0 aliphatic heterocycles. The summed E-state index contributed by atoms with van der Waals surface area (Å²) in [7, 11) is 0. The molecule has 3 aromatic rings. The topological polar surface area (TPSA) is 130 Å². The van der Waals surface area contributed by atoms with Crippen molar-refractivity contribution in [1.29, 1.82) is 0 Å². The van der Waals surface area contributed by atoms with E-state index in [-0.39, 0.29) is 33.4 Å². The predicted molar refractivity (Wildman–Crippen MR) is 140 cm³/mol. The average molecular weight is 592 g/mol. The Morgan fingerprint density at radius 1 is 0.462 bits per heavy atom. The molecule has 0 heterocycles. The van der Waals surface area contributed by atoms with Crippen molar-refractivity contribution in [2.45, 2.75) is 6.10 Å². The molecule has 0 aliphatic rings. The highest BCUT2D eigenvalue weighted by Crippen LogP contribution is 2.13. The molecule has 0 saturated carbocycles. The van der Waals surface area contributed by atoms with Gasteiger partial charge in [0.15, 0.2) is 6.10 Å². The van der Waals surface area contributed by atoms with E-state index in [4.69, 9.17) is 49.0 Å². The molecule has 0 saturated heterocycles. The molecule has 0 fully saturated rings. The van der Waals surface area contributed by atoms with E-state index in [9.17, 15) is 28.8 Å². The quantitative estimate of drug-likeness (QED) is 0.171. The van der Waals surface area contributed by atoms with Crippen molar-refractivity contribution in [2.24, 2.45) is 0 Å². The first-order valence-corrected chi connectivity index (χ1v) is 12.1. The molecule has 0 unspecified atom stereocenters. The van der Waals surface area contributed by atoms with Gasteiger partial charge in [0, 0.05) is 16.7 Å². The van der Waals surface area contributed by atoms with E-state index >= 15 is 0 Å². The molecule has 0 aromatic heterocycles. The Kier molecular flexibility index (Phi) is 10.3. The Morgan fingerprint density at radius 3 is 1.00 bits per heavy atom. The Morgan fingerprint density at radius 2 is 0.718 bits per heavy atom. The lowest BCUT2D eigenvalue weighted by Gasteiger charge is -2.18. The minimum atomic E-state index is -1.23. The van der Waals surface area contributed by atoms with Gasteiger partial charge in [-0.15, -0.1) is 0 Å². The largest absolute Gasteiger partial charge is 0.458 e. The Labute approximate surface area is 236 Å². The van der Waals surface area contributed by atoms with Gasteiger partial charge in [0.25, 0.3) is 15.7 Å². The maximum absolute atomic E-state index is 12.7. The third kappa shape index (κ3) is 8.47. The fourth-order valence-electron chi connectivity index (χ4n) is 3.05. The van der Waals surface area contributed by atoms with Gasteiger partial charge in [-0.2, -0.15) is 0 Å². The molecule has 0 radical (unpaired) electrons. The number of ether oxygens (including phenoxy) is 3. The van der Waals surface area contributed by atoms with Crippen molar-refractivity contribution in [2.75, 3.05) is 13.2 Å². The first kappa shape index (κ1) is 29.5. The number of hydrogen-bond acceptors (Lipinski definition) is 9. The Hall–Kier alpha value is -4.05. The maximum atomic E-state index is 12.7. The number of rotatable bonds is 11. The first-order valence-electron chi connectivity index (χ1n) is 11.0. The number of halogens is 3. The summed E-state index contributed by atoms with van der Waals surface area (Å²) in [6.45, 7) is -0.988. The van der Waals surface area contributed by atoms with Crippen molar-refractivity contribution in [3.63, 3.8) is 0 Å². The molecular weight excluding hydrogens is 575 g/mol. The van der Waals surface area contributed by atoms with Gasteiger partial charge in [0.1, 0.15) is 13.2 Å². The highest BCUT2D eigenvalue weighted by atomic mass is 35.5. The molecule has 0 amide bonds. The second-order valence-corrected chi connectivity index (χ2v) is 8.81. The summed E-state index contributed by atoms with van der Waals surface area (Å²) in [5, 5.41) is -2.11. The van der Waals surface area contributed by atoms with Crippen LogP contribution in [0.4, 0.5) is 0 Å². The second-order valence-electron chi connectivity index (χ2n) is 7.78. The highest BCUT2D eigenvalue weighted by Gasteiger charge is 2.22. The van der Waals surface area contributed by atoms with Gasteiger partial charge in [-0.05, 0) is 108 Å². The lowest BCUT2D eigenvalue weighted by Crippen LogP contribution is -2.31. The zero-order valence-corrected chi connectivity index (χ0v) is 22.0. The molecule has 3 aromatic carbocycles. The fraction of sp³-hybridized carbons (Fsp3) is 0.111. The normalized spacial score (nSPS) is 10.5. The summed E-state index contributed by atoms with van der Waals surface area (Å²) in [4.78, 5) is 71.2. The molecule has 12 heteroatoms. The van der Waals surface area contributed by atoms with Crippen LogP contribution in [0.2, 0.25) is 0 Å². The molecule has 0 bridgehead atoms. The van der Waals surface area contributed by atoms with E-state index in [0.717, 1.165) is 0 Å². The molecule has 0 atom stereocenters. The Bertz CT molecular complexity index is 1330. The first-order chi connectivity index (χ1) is 18.5. The number of hydrogen-bond donors (Lipinski definition) is 0. The molecular formula is C27H17Cl3O9. The number of carbonyl (C=O) groups is 6. The lowest BCUT2D eigenvalue weighted by molar-refractivity contribution is -0.0253. The van der Waals surface area contributed by atoms with Gasteiger partial charge >= 0.3 is 17.9 Å². The number of esters is 3. The van der Waals surface area contributed by atoms with Gasteiger partial charge in [-0.3, -0.25) is 14.4 Å². The smallest absolute Gasteiger partial charge is 0.338 e. The van der Waals surface area contributed by atoms with Crippen LogP contribution in [0, 0.1) is 0 Å². The van der Waals surface area contributed by atoms with Gasteiger partial charge in [-0.1, -0.05) is 0 Å². The van der Waals surface area contributed by atoms with Crippen LogP contribution >= 0.6 is 34.8 Å². The van der Waals surface area contributed by atoms with Crippen molar-refractivity contribution in [3.8, 4) is 0 Å². The van der Waals surface area contributed by atoms with Crippen LogP contribution in [-0.2, 0) is 14.2 Å². The summed E-state index contributed by atoms with van der Waals surface area (Å²) >= 11 is 16.2. The average Bonchev–Trinajstić information content (AvgIpc) is 2.94. The molecule has 0 spiro atoms. The maximum Gasteiger partial charge on any atom is 0.338 e.